The number of non-ortho nitro benzene ring substituents is 1. The standard InChI is InChI=1S/C11H15NO3/c1-8-4-5-10(12(14)15)6-9(8)7-11(2,3)13/h4-6,13H,7H2,1-3H3. The van der Waals surface area contributed by atoms with Crippen LogP contribution in [-0.4, -0.2) is 15.6 Å². The molecule has 0 amide bonds. The summed E-state index contributed by atoms with van der Waals surface area (Å²) in [7, 11) is 0. The molecule has 0 aliphatic carbocycles. The molecule has 0 spiro atoms. The topological polar surface area (TPSA) is 63.4 Å². The molecule has 4 heteroatoms. The molecule has 0 saturated carbocycles. The molecule has 0 heterocycles. The van der Waals surface area contributed by atoms with Gasteiger partial charge in [0.15, 0.2) is 0 Å². The van der Waals surface area contributed by atoms with Crippen molar-refractivity contribution in [3.05, 3.63) is 39.4 Å². The largest absolute Gasteiger partial charge is 0.390 e. The molecule has 1 rings (SSSR count). The fourth-order valence-electron chi connectivity index (χ4n) is 1.43. The lowest BCUT2D eigenvalue weighted by Gasteiger charge is -2.18. The first-order chi connectivity index (χ1) is 6.79. The Hall–Kier alpha value is -1.42. The van der Waals surface area contributed by atoms with Gasteiger partial charge in [-0.3, -0.25) is 10.1 Å². The average molecular weight is 209 g/mol. The van der Waals surface area contributed by atoms with Crippen molar-refractivity contribution in [2.45, 2.75) is 32.8 Å². The number of nitrogens with zero attached hydrogens (tertiary/aromatic N) is 1. The maximum absolute atomic E-state index is 10.6. The molecule has 0 unspecified atom stereocenters. The zero-order valence-electron chi connectivity index (χ0n) is 9.15. The van der Waals surface area contributed by atoms with Crippen LogP contribution in [0.1, 0.15) is 25.0 Å². The Labute approximate surface area is 88.7 Å². The van der Waals surface area contributed by atoms with Crippen molar-refractivity contribution in [3.63, 3.8) is 0 Å². The molecule has 0 bridgehead atoms. The van der Waals surface area contributed by atoms with E-state index in [-0.39, 0.29) is 5.69 Å². The molecule has 0 saturated heterocycles. The van der Waals surface area contributed by atoms with Crippen LogP contribution < -0.4 is 0 Å². The summed E-state index contributed by atoms with van der Waals surface area (Å²) in [5, 5.41) is 20.2. The molecule has 0 radical (unpaired) electrons. The van der Waals surface area contributed by atoms with Crippen LogP contribution in [-0.2, 0) is 6.42 Å². The molecule has 1 aromatic rings. The van der Waals surface area contributed by atoms with Crippen LogP contribution in [0.5, 0.6) is 0 Å². The first kappa shape index (κ1) is 11.7. The maximum Gasteiger partial charge on any atom is 0.269 e. The van der Waals surface area contributed by atoms with Gasteiger partial charge in [0.1, 0.15) is 0 Å². The minimum Gasteiger partial charge on any atom is -0.390 e. The number of nitro benzene ring substituents is 1. The van der Waals surface area contributed by atoms with Crippen molar-refractivity contribution >= 4 is 5.69 Å². The fourth-order valence-corrected chi connectivity index (χ4v) is 1.43. The molecule has 0 aliphatic rings. The van der Waals surface area contributed by atoms with E-state index in [4.69, 9.17) is 0 Å². The Bertz CT molecular complexity index is 380. The summed E-state index contributed by atoms with van der Waals surface area (Å²) in [5.74, 6) is 0. The third-order valence-electron chi connectivity index (χ3n) is 2.17. The summed E-state index contributed by atoms with van der Waals surface area (Å²) in [6.07, 6.45) is 0.417. The molecule has 1 aromatic carbocycles. The Morgan fingerprint density at radius 2 is 2.07 bits per heavy atom. The summed E-state index contributed by atoms with van der Waals surface area (Å²) in [4.78, 5) is 10.1. The van der Waals surface area contributed by atoms with E-state index in [1.54, 1.807) is 19.9 Å². The number of hydrogen-bond donors (Lipinski definition) is 1. The van der Waals surface area contributed by atoms with Gasteiger partial charge in [-0.25, -0.2) is 0 Å². The molecule has 0 aliphatic heterocycles. The lowest BCUT2D eigenvalue weighted by atomic mass is 9.95. The molecular weight excluding hydrogens is 194 g/mol. The van der Waals surface area contributed by atoms with Crippen molar-refractivity contribution in [1.29, 1.82) is 0 Å². The summed E-state index contributed by atoms with van der Waals surface area (Å²) in [6, 6.07) is 4.70. The molecular formula is C11H15NO3. The van der Waals surface area contributed by atoms with Crippen molar-refractivity contribution < 1.29 is 10.0 Å². The fraction of sp³-hybridized carbons (Fsp3) is 0.455. The van der Waals surface area contributed by atoms with Crippen LogP contribution >= 0.6 is 0 Å². The van der Waals surface area contributed by atoms with E-state index in [2.05, 4.69) is 0 Å². The minimum absolute atomic E-state index is 0.0693. The molecule has 0 aromatic heterocycles. The SMILES string of the molecule is Cc1ccc([N+](=O)[O-])cc1CC(C)(C)O. The van der Waals surface area contributed by atoms with Gasteiger partial charge in [-0.05, 0) is 31.9 Å². The van der Waals surface area contributed by atoms with Gasteiger partial charge >= 0.3 is 0 Å². The first-order valence-electron chi connectivity index (χ1n) is 4.76. The van der Waals surface area contributed by atoms with E-state index in [1.807, 2.05) is 6.92 Å². The number of benzene rings is 1. The Morgan fingerprint density at radius 3 is 2.53 bits per heavy atom. The van der Waals surface area contributed by atoms with Gasteiger partial charge in [0.2, 0.25) is 0 Å². The molecule has 82 valence electrons. The predicted octanol–water partition coefficient (Wildman–Crippen LogP) is 2.22. The lowest BCUT2D eigenvalue weighted by molar-refractivity contribution is -0.384. The van der Waals surface area contributed by atoms with Gasteiger partial charge in [-0.1, -0.05) is 6.07 Å². The van der Waals surface area contributed by atoms with Crippen LogP contribution in [0.15, 0.2) is 18.2 Å². The van der Waals surface area contributed by atoms with Crippen LogP contribution in [0.25, 0.3) is 0 Å². The van der Waals surface area contributed by atoms with Crippen molar-refractivity contribution in [2.75, 3.05) is 0 Å². The minimum atomic E-state index is -0.847. The van der Waals surface area contributed by atoms with Crippen LogP contribution in [0.3, 0.4) is 0 Å². The van der Waals surface area contributed by atoms with Crippen molar-refractivity contribution in [2.24, 2.45) is 0 Å². The second-order valence-corrected chi connectivity index (χ2v) is 4.36. The van der Waals surface area contributed by atoms with Crippen LogP contribution in [0.4, 0.5) is 5.69 Å². The van der Waals surface area contributed by atoms with E-state index in [9.17, 15) is 15.2 Å². The summed E-state index contributed by atoms with van der Waals surface area (Å²) < 4.78 is 0. The number of nitro groups is 1. The molecule has 0 fully saturated rings. The highest BCUT2D eigenvalue weighted by atomic mass is 16.6. The van der Waals surface area contributed by atoms with E-state index in [1.165, 1.54) is 12.1 Å². The number of aliphatic hydroxyl groups is 1. The highest BCUT2D eigenvalue weighted by molar-refractivity contribution is 5.39. The van der Waals surface area contributed by atoms with Gasteiger partial charge in [0, 0.05) is 18.6 Å². The highest BCUT2D eigenvalue weighted by Gasteiger charge is 2.17. The maximum atomic E-state index is 10.6. The smallest absolute Gasteiger partial charge is 0.269 e. The van der Waals surface area contributed by atoms with Gasteiger partial charge in [-0.15, -0.1) is 0 Å². The molecule has 15 heavy (non-hydrogen) atoms. The highest BCUT2D eigenvalue weighted by Crippen LogP contribution is 2.21. The monoisotopic (exact) mass is 209 g/mol. The van der Waals surface area contributed by atoms with E-state index >= 15 is 0 Å². The lowest BCUT2D eigenvalue weighted by Crippen LogP contribution is -2.22. The second-order valence-electron chi connectivity index (χ2n) is 4.36. The van der Waals surface area contributed by atoms with E-state index in [0.717, 1.165) is 11.1 Å². The second kappa shape index (κ2) is 3.98. The number of aryl methyl sites for hydroxylation is 1. The van der Waals surface area contributed by atoms with E-state index < -0.39 is 10.5 Å². The zero-order chi connectivity index (χ0) is 11.6. The summed E-state index contributed by atoms with van der Waals surface area (Å²) >= 11 is 0. The first-order valence-corrected chi connectivity index (χ1v) is 4.76. The summed E-state index contributed by atoms with van der Waals surface area (Å²) in [5.41, 5.74) is 0.999. The summed E-state index contributed by atoms with van der Waals surface area (Å²) in [6.45, 7) is 5.25. The Kier molecular flexibility index (Phi) is 3.09. The zero-order valence-corrected chi connectivity index (χ0v) is 9.15. The normalized spacial score (nSPS) is 11.5. The van der Waals surface area contributed by atoms with Crippen molar-refractivity contribution in [3.8, 4) is 0 Å². The molecule has 4 nitrogen and oxygen atoms in total. The van der Waals surface area contributed by atoms with Gasteiger partial charge < -0.3 is 5.11 Å². The Morgan fingerprint density at radius 1 is 1.47 bits per heavy atom. The van der Waals surface area contributed by atoms with Gasteiger partial charge in [0.25, 0.3) is 5.69 Å². The quantitative estimate of drug-likeness (QED) is 0.613. The Balaban J connectivity index is 3.06. The third-order valence-corrected chi connectivity index (χ3v) is 2.17. The number of hydrogen-bond acceptors (Lipinski definition) is 3. The van der Waals surface area contributed by atoms with Crippen molar-refractivity contribution in [1.82, 2.24) is 0 Å². The van der Waals surface area contributed by atoms with Crippen LogP contribution in [0, 0.1) is 17.0 Å². The molecule has 0 atom stereocenters. The predicted molar refractivity (Wildman–Crippen MR) is 57.8 cm³/mol. The average Bonchev–Trinajstić information content (AvgIpc) is 2.06. The number of rotatable bonds is 3. The molecule has 1 N–H and O–H groups in total. The van der Waals surface area contributed by atoms with Gasteiger partial charge in [-0.2, -0.15) is 0 Å². The van der Waals surface area contributed by atoms with E-state index in [0.29, 0.717) is 6.42 Å². The third kappa shape index (κ3) is 3.32. The van der Waals surface area contributed by atoms with Gasteiger partial charge in [0.05, 0.1) is 10.5 Å². The van der Waals surface area contributed by atoms with Crippen LogP contribution in [0.2, 0.25) is 0 Å².